The van der Waals surface area contributed by atoms with Crippen molar-refractivity contribution >= 4 is 16.9 Å². The zero-order valence-electron chi connectivity index (χ0n) is 16.9. The van der Waals surface area contributed by atoms with Crippen LogP contribution in [0.25, 0.3) is 11.0 Å². The molecule has 4 nitrogen and oxygen atoms in total. The molecule has 1 saturated heterocycles. The highest BCUT2D eigenvalue weighted by Gasteiger charge is 2.39. The van der Waals surface area contributed by atoms with Crippen molar-refractivity contribution in [2.75, 3.05) is 13.1 Å². The monoisotopic (exact) mass is 385 g/mol. The van der Waals surface area contributed by atoms with E-state index in [1.165, 1.54) is 5.56 Å². The highest BCUT2D eigenvalue weighted by molar-refractivity contribution is 5.80. The van der Waals surface area contributed by atoms with E-state index in [4.69, 9.17) is 9.97 Å². The summed E-state index contributed by atoms with van der Waals surface area (Å²) in [4.78, 5) is 25.5. The number of hydrogen-bond acceptors (Lipinski definition) is 3. The first-order chi connectivity index (χ1) is 14.2. The molecular weight excluding hydrogens is 358 g/mol. The summed E-state index contributed by atoms with van der Waals surface area (Å²) in [6.07, 6.45) is 3.76. The molecule has 5 rings (SSSR count). The van der Waals surface area contributed by atoms with Crippen molar-refractivity contribution in [1.82, 2.24) is 14.9 Å². The third kappa shape index (κ3) is 3.41. The Hall–Kier alpha value is -2.75. The topological polar surface area (TPSA) is 46.1 Å². The number of carbonyl (C=O) groups excluding carboxylic acids is 1. The van der Waals surface area contributed by atoms with Crippen LogP contribution < -0.4 is 0 Å². The van der Waals surface area contributed by atoms with Crippen LogP contribution in [0.1, 0.15) is 42.6 Å². The number of rotatable bonds is 2. The zero-order chi connectivity index (χ0) is 19.8. The van der Waals surface area contributed by atoms with Gasteiger partial charge in [0.2, 0.25) is 5.91 Å². The Bertz CT molecular complexity index is 1030. The van der Waals surface area contributed by atoms with Crippen molar-refractivity contribution < 1.29 is 4.79 Å². The maximum atomic E-state index is 13.5. The highest BCUT2D eigenvalue weighted by atomic mass is 16.2. The van der Waals surface area contributed by atoms with Crippen LogP contribution in [0.4, 0.5) is 0 Å². The number of benzene rings is 2. The molecule has 0 unspecified atom stereocenters. The van der Waals surface area contributed by atoms with Crippen molar-refractivity contribution in [2.24, 2.45) is 11.8 Å². The van der Waals surface area contributed by atoms with Gasteiger partial charge in [0.15, 0.2) is 0 Å². The summed E-state index contributed by atoms with van der Waals surface area (Å²) < 4.78 is 0. The van der Waals surface area contributed by atoms with E-state index >= 15 is 0 Å². The van der Waals surface area contributed by atoms with Crippen LogP contribution in [0.2, 0.25) is 0 Å². The molecule has 29 heavy (non-hydrogen) atoms. The minimum absolute atomic E-state index is 0.0463. The molecule has 0 bridgehead atoms. The van der Waals surface area contributed by atoms with Gasteiger partial charge in [-0.3, -0.25) is 4.79 Å². The Morgan fingerprint density at radius 1 is 0.862 bits per heavy atom. The van der Waals surface area contributed by atoms with E-state index in [9.17, 15) is 4.79 Å². The average Bonchev–Trinajstić information content (AvgIpc) is 3.26. The zero-order valence-corrected chi connectivity index (χ0v) is 16.9. The number of amides is 1. The Morgan fingerprint density at radius 2 is 1.45 bits per heavy atom. The fourth-order valence-electron chi connectivity index (χ4n) is 5.07. The number of carbonyl (C=O) groups is 1. The number of para-hydroxylation sites is 2. The Morgan fingerprint density at radius 3 is 2.10 bits per heavy atom. The van der Waals surface area contributed by atoms with Gasteiger partial charge in [0.05, 0.1) is 22.4 Å². The number of likely N-dealkylation sites (tertiary alicyclic amines) is 1. The lowest BCUT2D eigenvalue weighted by molar-refractivity contribution is -0.136. The molecule has 148 valence electrons. The third-order valence-corrected chi connectivity index (χ3v) is 6.78. The maximum absolute atomic E-state index is 13.5. The lowest BCUT2D eigenvalue weighted by Gasteiger charge is -2.30. The predicted octanol–water partition coefficient (Wildman–Crippen LogP) is 4.39. The molecule has 1 aliphatic heterocycles. The van der Waals surface area contributed by atoms with Crippen LogP contribution >= 0.6 is 0 Å². The second-order valence-corrected chi connectivity index (χ2v) is 8.53. The molecule has 1 fully saturated rings. The van der Waals surface area contributed by atoms with Gasteiger partial charge in [-0.05, 0) is 48.8 Å². The second-order valence-electron chi connectivity index (χ2n) is 8.53. The van der Waals surface area contributed by atoms with E-state index in [0.29, 0.717) is 12.3 Å². The minimum Gasteiger partial charge on any atom is -0.342 e. The summed E-state index contributed by atoms with van der Waals surface area (Å²) in [7, 11) is 0. The number of hydrogen-bond donors (Lipinski definition) is 0. The average molecular weight is 386 g/mol. The van der Waals surface area contributed by atoms with E-state index < -0.39 is 0 Å². The van der Waals surface area contributed by atoms with Crippen molar-refractivity contribution in [1.29, 1.82) is 0 Å². The number of nitrogens with zero attached hydrogens (tertiary/aromatic N) is 3. The molecule has 4 heteroatoms. The Balaban J connectivity index is 1.60. The van der Waals surface area contributed by atoms with Crippen LogP contribution in [0, 0.1) is 11.8 Å². The minimum atomic E-state index is -0.0463. The molecule has 0 saturated carbocycles. The summed E-state index contributed by atoms with van der Waals surface area (Å²) in [5, 5.41) is 0. The van der Waals surface area contributed by atoms with E-state index in [0.717, 1.165) is 54.8 Å². The van der Waals surface area contributed by atoms with Gasteiger partial charge in [0.25, 0.3) is 0 Å². The fourth-order valence-corrected chi connectivity index (χ4v) is 5.07. The van der Waals surface area contributed by atoms with Gasteiger partial charge in [-0.1, -0.05) is 49.4 Å². The molecule has 0 N–H and O–H groups in total. The summed E-state index contributed by atoms with van der Waals surface area (Å²) in [6, 6.07) is 18.7. The molecule has 1 aromatic heterocycles. The van der Waals surface area contributed by atoms with E-state index in [1.54, 1.807) is 0 Å². The van der Waals surface area contributed by atoms with Crippen LogP contribution in [-0.2, 0) is 17.6 Å². The molecular formula is C25H27N3O. The van der Waals surface area contributed by atoms with E-state index in [1.807, 2.05) is 24.3 Å². The van der Waals surface area contributed by atoms with Crippen LogP contribution in [-0.4, -0.2) is 33.9 Å². The molecule has 1 aliphatic carbocycles. The van der Waals surface area contributed by atoms with E-state index in [-0.39, 0.29) is 17.8 Å². The maximum Gasteiger partial charge on any atom is 0.226 e. The van der Waals surface area contributed by atoms with Gasteiger partial charge in [-0.25, -0.2) is 9.97 Å². The standard InChI is InChI=1S/C25H27N3O/c1-17-19(18-9-3-2-4-10-18)15-23-24(27-22-12-6-5-11-21(22)26-23)16-20(17)25(29)28-13-7-8-14-28/h2-6,9-12,17,19-20H,7-8,13-16H2,1H3/t17-,19+,20-/m1/s1. The molecule has 2 aromatic carbocycles. The summed E-state index contributed by atoms with van der Waals surface area (Å²) in [5.41, 5.74) is 5.22. The quantitative estimate of drug-likeness (QED) is 0.615. The first kappa shape index (κ1) is 18.3. The second kappa shape index (κ2) is 7.58. The summed E-state index contributed by atoms with van der Waals surface area (Å²) in [5.74, 6) is 0.767. The van der Waals surface area contributed by atoms with Crippen LogP contribution in [0.15, 0.2) is 54.6 Å². The smallest absolute Gasteiger partial charge is 0.226 e. The highest BCUT2D eigenvalue weighted by Crippen LogP contribution is 2.39. The molecule has 0 spiro atoms. The normalized spacial score (nSPS) is 24.3. The van der Waals surface area contributed by atoms with Crippen molar-refractivity contribution in [2.45, 2.75) is 38.5 Å². The van der Waals surface area contributed by atoms with Gasteiger partial charge in [0, 0.05) is 25.4 Å². The van der Waals surface area contributed by atoms with Gasteiger partial charge in [-0.2, -0.15) is 0 Å². The third-order valence-electron chi connectivity index (χ3n) is 6.78. The molecule has 0 radical (unpaired) electrons. The first-order valence-electron chi connectivity index (χ1n) is 10.8. The van der Waals surface area contributed by atoms with Crippen LogP contribution in [0.3, 0.4) is 0 Å². The summed E-state index contributed by atoms with van der Waals surface area (Å²) in [6.45, 7) is 4.05. The number of fused-ring (bicyclic) bond motifs is 2. The van der Waals surface area contributed by atoms with Gasteiger partial charge < -0.3 is 4.90 Å². The largest absolute Gasteiger partial charge is 0.342 e. The van der Waals surface area contributed by atoms with E-state index in [2.05, 4.69) is 42.2 Å². The predicted molar refractivity (Wildman–Crippen MR) is 115 cm³/mol. The van der Waals surface area contributed by atoms with Gasteiger partial charge in [0.1, 0.15) is 0 Å². The van der Waals surface area contributed by atoms with Crippen LogP contribution in [0.5, 0.6) is 0 Å². The molecule has 3 aromatic rings. The molecule has 1 amide bonds. The lowest BCUT2D eigenvalue weighted by Crippen LogP contribution is -2.39. The first-order valence-corrected chi connectivity index (χ1v) is 10.8. The molecule has 2 heterocycles. The van der Waals surface area contributed by atoms with Crippen molar-refractivity contribution in [3.05, 3.63) is 71.5 Å². The summed E-state index contributed by atoms with van der Waals surface area (Å²) >= 11 is 0. The molecule has 2 aliphatic rings. The Kier molecular flexibility index (Phi) is 4.78. The van der Waals surface area contributed by atoms with Gasteiger partial charge >= 0.3 is 0 Å². The van der Waals surface area contributed by atoms with Gasteiger partial charge in [-0.15, -0.1) is 0 Å². The molecule has 3 atom stereocenters. The van der Waals surface area contributed by atoms with Crippen molar-refractivity contribution in [3.63, 3.8) is 0 Å². The lowest BCUT2D eigenvalue weighted by atomic mass is 9.77. The van der Waals surface area contributed by atoms with Crippen molar-refractivity contribution in [3.8, 4) is 0 Å². The number of aromatic nitrogens is 2. The fraction of sp³-hybridized carbons (Fsp3) is 0.400. The Labute approximate surface area is 172 Å². The SMILES string of the molecule is C[C@@H]1[C@@H](c2ccccc2)Cc2nc3ccccc3nc2C[C@H]1C(=O)N1CCCC1.